The third kappa shape index (κ3) is 3.58. The van der Waals surface area contributed by atoms with E-state index >= 15 is 0 Å². The van der Waals surface area contributed by atoms with E-state index in [1.54, 1.807) is 11.3 Å². The van der Waals surface area contributed by atoms with Crippen LogP contribution in [-0.2, 0) is 22.4 Å². The molecule has 5 nitrogen and oxygen atoms in total. The van der Waals surface area contributed by atoms with Crippen molar-refractivity contribution in [1.29, 1.82) is 0 Å². The van der Waals surface area contributed by atoms with Crippen molar-refractivity contribution in [3.05, 3.63) is 16.0 Å². The van der Waals surface area contributed by atoms with E-state index in [0.29, 0.717) is 23.0 Å². The zero-order valence-electron chi connectivity index (χ0n) is 13.8. The number of nitrogens with zero attached hydrogens (tertiary/aromatic N) is 1. The van der Waals surface area contributed by atoms with Crippen molar-refractivity contribution in [2.24, 2.45) is 5.92 Å². The van der Waals surface area contributed by atoms with E-state index < -0.39 is 0 Å². The van der Waals surface area contributed by atoms with Gasteiger partial charge in [0.25, 0.3) is 0 Å². The van der Waals surface area contributed by atoms with E-state index in [1.165, 1.54) is 12.0 Å². The molecule has 1 amide bonds. The molecule has 1 aromatic rings. The van der Waals surface area contributed by atoms with Gasteiger partial charge < -0.3 is 10.1 Å². The Balaban J connectivity index is 1.75. The summed E-state index contributed by atoms with van der Waals surface area (Å²) in [7, 11) is 1.40. The van der Waals surface area contributed by atoms with Crippen molar-refractivity contribution in [3.63, 3.8) is 0 Å². The molecule has 2 aliphatic rings. The highest BCUT2D eigenvalue weighted by molar-refractivity contribution is 7.17. The van der Waals surface area contributed by atoms with Crippen LogP contribution in [0.1, 0.15) is 47.0 Å². The number of methoxy groups -OCH3 is 1. The average molecular weight is 336 g/mol. The monoisotopic (exact) mass is 336 g/mol. The number of likely N-dealkylation sites (tertiary alicyclic amines) is 1. The Morgan fingerprint density at radius 2 is 2.13 bits per heavy atom. The van der Waals surface area contributed by atoms with E-state index in [2.05, 4.69) is 17.1 Å². The molecule has 0 bridgehead atoms. The number of hydrogen-bond acceptors (Lipinski definition) is 5. The number of aryl methyl sites for hydroxylation is 1. The molecule has 6 heteroatoms. The molecule has 1 atom stereocenters. The van der Waals surface area contributed by atoms with Crippen LogP contribution in [0.5, 0.6) is 0 Å². The molecule has 0 spiro atoms. The van der Waals surface area contributed by atoms with Gasteiger partial charge in [-0.25, -0.2) is 4.79 Å². The van der Waals surface area contributed by atoms with Gasteiger partial charge in [0, 0.05) is 11.4 Å². The number of hydrogen-bond donors (Lipinski definition) is 1. The van der Waals surface area contributed by atoms with Gasteiger partial charge in [-0.05, 0) is 50.1 Å². The van der Waals surface area contributed by atoms with Crippen molar-refractivity contribution < 1.29 is 14.3 Å². The van der Waals surface area contributed by atoms with Crippen molar-refractivity contribution in [2.75, 3.05) is 32.1 Å². The predicted molar refractivity (Wildman–Crippen MR) is 91.2 cm³/mol. The summed E-state index contributed by atoms with van der Waals surface area (Å²) < 4.78 is 4.94. The quantitative estimate of drug-likeness (QED) is 0.859. The molecule has 1 unspecified atom stereocenters. The Morgan fingerprint density at radius 1 is 1.35 bits per heavy atom. The number of esters is 1. The van der Waals surface area contributed by atoms with Crippen molar-refractivity contribution in [2.45, 2.75) is 39.0 Å². The highest BCUT2D eigenvalue weighted by Crippen LogP contribution is 2.38. The topological polar surface area (TPSA) is 58.6 Å². The lowest BCUT2D eigenvalue weighted by atomic mass is 9.95. The third-order valence-corrected chi connectivity index (χ3v) is 5.90. The second-order valence-corrected chi connectivity index (χ2v) is 7.69. The first kappa shape index (κ1) is 16.5. The van der Waals surface area contributed by atoms with Crippen LogP contribution in [0.15, 0.2) is 0 Å². The summed E-state index contributed by atoms with van der Waals surface area (Å²) in [6.07, 6.45) is 5.27. The maximum Gasteiger partial charge on any atom is 0.341 e. The summed E-state index contributed by atoms with van der Waals surface area (Å²) in [5.41, 5.74) is 1.66. The highest BCUT2D eigenvalue weighted by atomic mass is 32.1. The van der Waals surface area contributed by atoms with Gasteiger partial charge in [-0.15, -0.1) is 11.3 Å². The van der Waals surface area contributed by atoms with E-state index in [9.17, 15) is 9.59 Å². The molecular weight excluding hydrogens is 312 g/mol. The summed E-state index contributed by atoms with van der Waals surface area (Å²) in [5, 5.41) is 3.63. The van der Waals surface area contributed by atoms with Gasteiger partial charge in [0.1, 0.15) is 5.00 Å². The summed E-state index contributed by atoms with van der Waals surface area (Å²) >= 11 is 1.54. The molecule has 1 aliphatic carbocycles. The molecule has 2 heterocycles. The van der Waals surface area contributed by atoms with Gasteiger partial charge in [0.2, 0.25) is 5.91 Å². The SMILES string of the molecule is COC(=O)c1c(NC(=O)CN2CCC(C)C2)sc2c1CCCC2. The van der Waals surface area contributed by atoms with Crippen LogP contribution >= 0.6 is 11.3 Å². The smallest absolute Gasteiger partial charge is 0.341 e. The maximum absolute atomic E-state index is 12.4. The lowest BCUT2D eigenvalue weighted by molar-refractivity contribution is -0.117. The fourth-order valence-corrected chi connectivity index (χ4v) is 4.80. The molecule has 1 aromatic heterocycles. The van der Waals surface area contributed by atoms with Crippen molar-refractivity contribution in [3.8, 4) is 0 Å². The van der Waals surface area contributed by atoms with Gasteiger partial charge in [-0.2, -0.15) is 0 Å². The molecule has 0 saturated carbocycles. The van der Waals surface area contributed by atoms with Crippen molar-refractivity contribution in [1.82, 2.24) is 4.90 Å². The molecule has 1 saturated heterocycles. The molecule has 0 radical (unpaired) electrons. The van der Waals surface area contributed by atoms with Gasteiger partial charge in [-0.3, -0.25) is 9.69 Å². The van der Waals surface area contributed by atoms with Crippen LogP contribution in [0, 0.1) is 5.92 Å². The number of anilines is 1. The van der Waals surface area contributed by atoms with Gasteiger partial charge in [0.15, 0.2) is 0 Å². The fourth-order valence-electron chi connectivity index (χ4n) is 3.51. The van der Waals surface area contributed by atoms with Crippen LogP contribution in [0.25, 0.3) is 0 Å². The number of thiophene rings is 1. The van der Waals surface area contributed by atoms with E-state index in [4.69, 9.17) is 4.74 Å². The highest BCUT2D eigenvalue weighted by Gasteiger charge is 2.27. The minimum Gasteiger partial charge on any atom is -0.465 e. The third-order valence-electron chi connectivity index (χ3n) is 4.69. The summed E-state index contributed by atoms with van der Waals surface area (Å²) in [4.78, 5) is 27.9. The van der Waals surface area contributed by atoms with Crippen LogP contribution in [-0.4, -0.2) is 43.5 Å². The second kappa shape index (κ2) is 7.01. The number of amides is 1. The standard InChI is InChI=1S/C17H24N2O3S/c1-11-7-8-19(9-11)10-14(20)18-16-15(17(21)22-2)12-5-3-4-6-13(12)23-16/h11H,3-10H2,1-2H3,(H,18,20). The molecule has 0 aromatic carbocycles. The Hall–Kier alpha value is -1.40. The van der Waals surface area contributed by atoms with Gasteiger partial charge >= 0.3 is 5.97 Å². The average Bonchev–Trinajstić information content (AvgIpc) is 3.09. The zero-order valence-corrected chi connectivity index (χ0v) is 14.6. The minimum absolute atomic E-state index is 0.0390. The van der Waals surface area contributed by atoms with E-state index in [-0.39, 0.29) is 11.9 Å². The Morgan fingerprint density at radius 3 is 2.83 bits per heavy atom. The first-order valence-corrected chi connectivity index (χ1v) is 9.15. The Bertz CT molecular complexity index is 611. The lowest BCUT2D eigenvalue weighted by Gasteiger charge is -2.15. The summed E-state index contributed by atoms with van der Waals surface area (Å²) in [5.74, 6) is 0.278. The maximum atomic E-state index is 12.4. The number of nitrogens with one attached hydrogen (secondary N) is 1. The fraction of sp³-hybridized carbons (Fsp3) is 0.647. The first-order valence-electron chi connectivity index (χ1n) is 8.33. The second-order valence-electron chi connectivity index (χ2n) is 6.58. The molecule has 23 heavy (non-hydrogen) atoms. The zero-order chi connectivity index (χ0) is 16.4. The summed E-state index contributed by atoms with van der Waals surface area (Å²) in [6, 6.07) is 0. The largest absolute Gasteiger partial charge is 0.465 e. The van der Waals surface area contributed by atoms with Crippen LogP contribution < -0.4 is 5.32 Å². The summed E-state index contributed by atoms with van der Waals surface area (Å²) in [6.45, 7) is 4.55. The molecule has 1 N–H and O–H groups in total. The van der Waals surface area contributed by atoms with E-state index in [0.717, 1.165) is 50.8 Å². The number of ether oxygens (including phenoxy) is 1. The number of carbonyl (C=O) groups is 2. The number of rotatable bonds is 4. The Kier molecular flexibility index (Phi) is 5.02. The number of fused-ring (bicyclic) bond motifs is 1. The Labute approximate surface area is 141 Å². The van der Waals surface area contributed by atoms with Crippen LogP contribution in [0.2, 0.25) is 0 Å². The predicted octanol–water partition coefficient (Wildman–Crippen LogP) is 2.69. The van der Waals surface area contributed by atoms with Crippen LogP contribution in [0.3, 0.4) is 0 Å². The minimum atomic E-state index is -0.338. The normalized spacial score (nSPS) is 21.0. The van der Waals surface area contributed by atoms with E-state index in [1.807, 2.05) is 0 Å². The molecule has 3 rings (SSSR count). The van der Waals surface area contributed by atoms with Gasteiger partial charge in [-0.1, -0.05) is 6.92 Å². The molecule has 1 fully saturated rings. The van der Waals surface area contributed by atoms with Crippen molar-refractivity contribution >= 4 is 28.2 Å². The first-order chi connectivity index (χ1) is 11.1. The molecule has 1 aliphatic heterocycles. The molecular formula is C17H24N2O3S. The number of carbonyl (C=O) groups excluding carboxylic acids is 2. The van der Waals surface area contributed by atoms with Crippen LogP contribution in [0.4, 0.5) is 5.00 Å². The van der Waals surface area contributed by atoms with Gasteiger partial charge in [0.05, 0.1) is 19.2 Å². The lowest BCUT2D eigenvalue weighted by Crippen LogP contribution is -2.31. The molecule has 126 valence electrons.